The lowest BCUT2D eigenvalue weighted by atomic mass is 9.33. The van der Waals surface area contributed by atoms with Gasteiger partial charge in [-0.05, 0) is 162 Å². The van der Waals surface area contributed by atoms with Crippen molar-refractivity contribution in [1.29, 1.82) is 0 Å². The summed E-state index contributed by atoms with van der Waals surface area (Å²) in [5.74, 6) is 0. The Morgan fingerprint density at radius 1 is 0.522 bits per heavy atom. The monoisotopic (exact) mass is 903 g/mol. The van der Waals surface area contributed by atoms with Gasteiger partial charge in [-0.1, -0.05) is 171 Å². The third-order valence-corrected chi connectivity index (χ3v) is 17.6. The van der Waals surface area contributed by atoms with E-state index in [1.807, 2.05) is 0 Å². The second kappa shape index (κ2) is 15.2. The molecule has 3 heterocycles. The van der Waals surface area contributed by atoms with Gasteiger partial charge in [-0.3, -0.25) is 0 Å². The number of benzene rings is 6. The van der Waals surface area contributed by atoms with E-state index in [2.05, 4.69) is 248 Å². The van der Waals surface area contributed by atoms with E-state index in [0.717, 1.165) is 0 Å². The fourth-order valence-corrected chi connectivity index (χ4v) is 13.4. The van der Waals surface area contributed by atoms with Gasteiger partial charge in [-0.25, -0.2) is 0 Å². The van der Waals surface area contributed by atoms with Crippen molar-refractivity contribution in [3.8, 4) is 11.1 Å². The molecule has 0 spiro atoms. The molecule has 0 radical (unpaired) electrons. The molecule has 0 bridgehead atoms. The van der Waals surface area contributed by atoms with Crippen molar-refractivity contribution >= 4 is 57.8 Å². The highest BCUT2D eigenvalue weighted by atomic mass is 32.2. The van der Waals surface area contributed by atoms with Crippen molar-refractivity contribution < 1.29 is 0 Å². The second-order valence-electron chi connectivity index (χ2n) is 26.3. The van der Waals surface area contributed by atoms with Crippen molar-refractivity contribution in [2.24, 2.45) is 0 Å². The summed E-state index contributed by atoms with van der Waals surface area (Å²) in [6, 6.07) is 44.5. The van der Waals surface area contributed by atoms with Gasteiger partial charge >= 0.3 is 0 Å². The van der Waals surface area contributed by atoms with E-state index < -0.39 is 0 Å². The molecule has 0 fully saturated rings. The van der Waals surface area contributed by atoms with Crippen LogP contribution in [0, 0.1) is 6.92 Å². The number of aryl methyl sites for hydroxylation is 1. The van der Waals surface area contributed by atoms with Crippen molar-refractivity contribution in [3.63, 3.8) is 0 Å². The highest BCUT2D eigenvalue weighted by molar-refractivity contribution is 8.02. The second-order valence-corrected chi connectivity index (χ2v) is 27.5. The Labute approximate surface area is 409 Å². The smallest absolute Gasteiger partial charge is 0.233 e. The van der Waals surface area contributed by atoms with Crippen LogP contribution in [-0.2, 0) is 32.5 Å². The Hall–Kier alpha value is -4.67. The van der Waals surface area contributed by atoms with Gasteiger partial charge in [0.25, 0.3) is 0 Å². The summed E-state index contributed by atoms with van der Waals surface area (Å²) in [5, 5.41) is 0.232. The van der Waals surface area contributed by atoms with E-state index in [1.165, 1.54) is 113 Å². The lowest BCUT2D eigenvalue weighted by Gasteiger charge is -2.50. The van der Waals surface area contributed by atoms with Crippen LogP contribution in [0.15, 0.2) is 114 Å². The lowest BCUT2D eigenvalue weighted by Crippen LogP contribution is -2.63. The first-order chi connectivity index (χ1) is 31.1. The Morgan fingerprint density at radius 3 is 1.61 bits per heavy atom. The molecule has 0 N–H and O–H groups in total. The van der Waals surface area contributed by atoms with Crippen molar-refractivity contribution in [2.75, 3.05) is 9.80 Å². The number of rotatable bonds is 3. The molecule has 0 aromatic heterocycles. The molecule has 6 aromatic rings. The molecular formula is C63H75BN2S. The van der Waals surface area contributed by atoms with Crippen LogP contribution in [0.1, 0.15) is 174 Å². The predicted octanol–water partition coefficient (Wildman–Crippen LogP) is 16.5. The van der Waals surface area contributed by atoms with Gasteiger partial charge in [-0.15, -0.1) is 11.8 Å². The first-order valence-corrected chi connectivity index (χ1v) is 26.1. The molecule has 4 heteroatoms. The Bertz CT molecular complexity index is 2940. The summed E-state index contributed by atoms with van der Waals surface area (Å²) in [5.41, 5.74) is 23.6. The van der Waals surface area contributed by atoms with E-state index >= 15 is 0 Å². The third-order valence-electron chi connectivity index (χ3n) is 16.2. The standard InChI is InChI=1S/C63H75BN2S/c1-38-32-52-55-53(33-38)66(51-37-48-47(62(14,15)30-31-63(48,16)17)36-45(51)39-18-20-40(21-19-39)58(2,3)4)56-46-34-42(60(8,9)10)25-29-54(46)67-57(56)64(55)49-35-43(61(11,12)13)24-28-50(49)65(52)44-26-22-41(23-27-44)59(5,6)7/h18-29,32-37,56-57H,30-31H2,1-17H3. The van der Waals surface area contributed by atoms with Crippen molar-refractivity contribution in [2.45, 2.75) is 179 Å². The van der Waals surface area contributed by atoms with Crippen LogP contribution in [-0.4, -0.2) is 11.9 Å². The van der Waals surface area contributed by atoms with Crippen LogP contribution < -0.4 is 20.7 Å². The Balaban J connectivity index is 1.33. The molecule has 2 unspecified atom stereocenters. The molecule has 2 nitrogen and oxygen atoms in total. The maximum atomic E-state index is 2.88. The lowest BCUT2D eigenvalue weighted by molar-refractivity contribution is 0.332. The maximum Gasteiger partial charge on any atom is 0.233 e. The van der Waals surface area contributed by atoms with Crippen LogP contribution in [0.5, 0.6) is 0 Å². The SMILES string of the molecule is Cc1cc2c3c(c1)N(c1cc4c(cc1-c1ccc(C(C)(C)C)cc1)C(C)(C)CCC4(C)C)C1c4cc(C(C)(C)C)ccc4SC1B3c1cc(C(C)(C)C)ccc1N2c1ccc(C(C)(C)C)cc1. The summed E-state index contributed by atoms with van der Waals surface area (Å²) in [6.45, 7) is 40.6. The van der Waals surface area contributed by atoms with Gasteiger partial charge < -0.3 is 9.80 Å². The van der Waals surface area contributed by atoms with Gasteiger partial charge in [0.05, 0.1) is 6.04 Å². The molecule has 2 atom stereocenters. The minimum absolute atomic E-state index is 0.000747. The number of anilines is 5. The van der Waals surface area contributed by atoms with Crippen LogP contribution in [0.3, 0.4) is 0 Å². The zero-order chi connectivity index (χ0) is 48.1. The molecule has 3 aliphatic heterocycles. The fourth-order valence-electron chi connectivity index (χ4n) is 11.8. The molecule has 67 heavy (non-hydrogen) atoms. The van der Waals surface area contributed by atoms with Gasteiger partial charge in [-0.2, -0.15) is 0 Å². The minimum atomic E-state index is -0.000747. The molecule has 0 amide bonds. The number of hydrogen-bond donors (Lipinski definition) is 0. The van der Waals surface area contributed by atoms with Crippen molar-refractivity contribution in [1.82, 2.24) is 0 Å². The van der Waals surface area contributed by atoms with E-state index in [4.69, 9.17) is 0 Å². The quantitative estimate of drug-likeness (QED) is 0.163. The summed E-state index contributed by atoms with van der Waals surface area (Å²) < 4.78 is 0. The Kier molecular flexibility index (Phi) is 10.4. The van der Waals surface area contributed by atoms with Gasteiger partial charge in [0.15, 0.2) is 0 Å². The molecular weight excluding hydrogens is 828 g/mol. The van der Waals surface area contributed by atoms with Gasteiger partial charge in [0, 0.05) is 44.0 Å². The number of hydrogen-bond acceptors (Lipinski definition) is 3. The minimum Gasteiger partial charge on any atom is -0.333 e. The van der Waals surface area contributed by atoms with Crippen molar-refractivity contribution in [3.05, 3.63) is 154 Å². The summed E-state index contributed by atoms with van der Waals surface area (Å²) in [6.07, 6.45) is 2.35. The summed E-state index contributed by atoms with van der Waals surface area (Å²) >= 11 is 2.13. The van der Waals surface area contributed by atoms with E-state index in [0.29, 0.717) is 0 Å². The zero-order valence-electron chi connectivity index (χ0n) is 43.8. The van der Waals surface area contributed by atoms with Crippen LogP contribution in [0.2, 0.25) is 0 Å². The number of thioether (sulfide) groups is 1. The van der Waals surface area contributed by atoms with Gasteiger partial charge in [0.2, 0.25) is 6.71 Å². The van der Waals surface area contributed by atoms with E-state index in [9.17, 15) is 0 Å². The first-order valence-electron chi connectivity index (χ1n) is 25.2. The average molecular weight is 903 g/mol. The van der Waals surface area contributed by atoms with E-state index in [-0.39, 0.29) is 50.4 Å². The molecule has 1 aliphatic carbocycles. The maximum absolute atomic E-state index is 2.88. The Morgan fingerprint density at radius 2 is 1.03 bits per heavy atom. The molecule has 346 valence electrons. The average Bonchev–Trinajstić information content (AvgIpc) is 3.62. The fraction of sp³-hybridized carbons (Fsp3) is 0.429. The normalized spacial score (nSPS) is 19.4. The van der Waals surface area contributed by atoms with Crippen LogP contribution in [0.25, 0.3) is 11.1 Å². The molecule has 0 saturated heterocycles. The van der Waals surface area contributed by atoms with Crippen LogP contribution >= 0.6 is 11.8 Å². The van der Waals surface area contributed by atoms with E-state index in [1.54, 1.807) is 0 Å². The highest BCUT2D eigenvalue weighted by Gasteiger charge is 2.55. The predicted molar refractivity (Wildman–Crippen MR) is 294 cm³/mol. The zero-order valence-corrected chi connectivity index (χ0v) is 44.7. The largest absolute Gasteiger partial charge is 0.333 e. The number of nitrogens with zero attached hydrogens (tertiary/aromatic N) is 2. The van der Waals surface area contributed by atoms with Crippen LogP contribution in [0.4, 0.5) is 28.4 Å². The van der Waals surface area contributed by atoms with Gasteiger partial charge in [0.1, 0.15) is 0 Å². The highest BCUT2D eigenvalue weighted by Crippen LogP contribution is 2.59. The summed E-state index contributed by atoms with van der Waals surface area (Å²) in [7, 11) is 0. The number of fused-ring (bicyclic) bond motifs is 7. The topological polar surface area (TPSA) is 6.48 Å². The first kappa shape index (κ1) is 46.1. The third kappa shape index (κ3) is 7.62. The molecule has 10 rings (SSSR count). The molecule has 0 saturated carbocycles. The molecule has 4 aliphatic rings. The molecule has 6 aromatic carbocycles. The summed E-state index contributed by atoms with van der Waals surface area (Å²) in [4.78, 5) is 6.91.